The van der Waals surface area contributed by atoms with Crippen LogP contribution in [0, 0.1) is 23.3 Å². The van der Waals surface area contributed by atoms with Crippen molar-refractivity contribution in [3.63, 3.8) is 0 Å². The molecule has 6 nitrogen and oxygen atoms in total. The number of halogens is 5. The van der Waals surface area contributed by atoms with Gasteiger partial charge in [-0.3, -0.25) is 19.7 Å². The summed E-state index contributed by atoms with van der Waals surface area (Å²) < 4.78 is 57.0. The molecule has 2 aliphatic heterocycles. The molecule has 0 radical (unpaired) electrons. The molecule has 1 atom stereocenters. The molecule has 2 fully saturated rings. The van der Waals surface area contributed by atoms with Crippen LogP contribution in [0.15, 0.2) is 24.3 Å². The third-order valence-electron chi connectivity index (χ3n) is 5.71. The molecule has 2 heterocycles. The van der Waals surface area contributed by atoms with Gasteiger partial charge in [0.2, 0.25) is 17.7 Å². The monoisotopic (exact) mass is 483 g/mol. The van der Waals surface area contributed by atoms with Gasteiger partial charge in [0.05, 0.1) is 18.4 Å². The number of anilines is 1. The first-order valence-corrected chi connectivity index (χ1v) is 10.5. The highest BCUT2D eigenvalue weighted by Crippen LogP contribution is 2.33. The molecule has 2 aliphatic rings. The highest BCUT2D eigenvalue weighted by molar-refractivity contribution is 6.30. The molecule has 3 amide bonds. The minimum Gasteiger partial charge on any atom is -0.367 e. The van der Waals surface area contributed by atoms with Crippen molar-refractivity contribution in [2.45, 2.75) is 31.2 Å². The normalized spacial score (nSPS) is 18.7. The summed E-state index contributed by atoms with van der Waals surface area (Å²) in [7, 11) is 0. The molecule has 0 aliphatic carbocycles. The first-order chi connectivity index (χ1) is 15.6. The van der Waals surface area contributed by atoms with Crippen molar-refractivity contribution in [1.82, 2.24) is 10.6 Å². The lowest BCUT2D eigenvalue weighted by Crippen LogP contribution is -2.59. The Balaban J connectivity index is 1.37. The summed E-state index contributed by atoms with van der Waals surface area (Å²) in [5.74, 6) is -6.57. The average molecular weight is 484 g/mol. The highest BCUT2D eigenvalue weighted by atomic mass is 35.5. The lowest BCUT2D eigenvalue weighted by atomic mass is 9.89. The molecule has 0 aromatic heterocycles. The number of imide groups is 1. The van der Waals surface area contributed by atoms with Crippen LogP contribution >= 0.6 is 11.6 Å². The zero-order chi connectivity index (χ0) is 23.9. The van der Waals surface area contributed by atoms with Crippen molar-refractivity contribution in [3.05, 3.63) is 63.7 Å². The van der Waals surface area contributed by atoms with Gasteiger partial charge in [0.15, 0.2) is 0 Å². The number of benzene rings is 2. The number of nitrogens with one attached hydrogen (secondary N) is 2. The van der Waals surface area contributed by atoms with Gasteiger partial charge >= 0.3 is 0 Å². The number of carbonyl (C=O) groups is 3. The van der Waals surface area contributed by atoms with Crippen molar-refractivity contribution in [1.29, 1.82) is 0 Å². The van der Waals surface area contributed by atoms with E-state index in [1.54, 1.807) is 4.90 Å². The number of piperidine rings is 1. The van der Waals surface area contributed by atoms with Gasteiger partial charge < -0.3 is 10.2 Å². The molecule has 2 saturated heterocycles. The average Bonchev–Trinajstić information content (AvgIpc) is 2.68. The fraction of sp³-hybridized carbons (Fsp3) is 0.318. The molecular weight excluding hydrogens is 466 g/mol. The van der Waals surface area contributed by atoms with Gasteiger partial charge in [-0.05, 0) is 30.7 Å². The lowest BCUT2D eigenvalue weighted by Gasteiger charge is -2.41. The van der Waals surface area contributed by atoms with Crippen LogP contribution < -0.4 is 15.5 Å². The summed E-state index contributed by atoms with van der Waals surface area (Å²) in [6.07, 6.45) is -0.506. The fourth-order valence-electron chi connectivity index (χ4n) is 4.02. The topological polar surface area (TPSA) is 78.5 Å². The van der Waals surface area contributed by atoms with E-state index in [2.05, 4.69) is 10.6 Å². The summed E-state index contributed by atoms with van der Waals surface area (Å²) in [5.41, 5.74) is -0.566. The first kappa shape index (κ1) is 23.0. The van der Waals surface area contributed by atoms with Crippen LogP contribution in [0.1, 0.15) is 29.9 Å². The zero-order valence-corrected chi connectivity index (χ0v) is 17.8. The van der Waals surface area contributed by atoms with Crippen molar-refractivity contribution < 1.29 is 31.9 Å². The minimum absolute atomic E-state index is 0.00559. The fourth-order valence-corrected chi connectivity index (χ4v) is 4.21. The Morgan fingerprint density at radius 2 is 1.64 bits per heavy atom. The van der Waals surface area contributed by atoms with Gasteiger partial charge in [0.1, 0.15) is 23.3 Å². The standard InChI is InChI=1S/C22H18ClF4N3O3/c23-10-3-15(24)14(16(25)4-10)7-20(32)28-11-8-30(9-11)12-5-17(26)21(18(27)6-12)13-1-2-19(31)29-22(13)33/h3-6,11,13H,1-2,7-9H2,(H,28,32)(H,29,31,33). The van der Waals surface area contributed by atoms with Crippen LogP contribution in [0.5, 0.6) is 0 Å². The Hall–Kier alpha value is -3.14. The Bertz CT molecular complexity index is 1110. The van der Waals surface area contributed by atoms with Crippen molar-refractivity contribution >= 4 is 35.0 Å². The second-order valence-electron chi connectivity index (χ2n) is 8.02. The third kappa shape index (κ3) is 4.80. The minimum atomic E-state index is -1.09. The summed E-state index contributed by atoms with van der Waals surface area (Å²) in [6.45, 7) is 0.460. The molecule has 0 saturated carbocycles. The van der Waals surface area contributed by atoms with E-state index >= 15 is 0 Å². The van der Waals surface area contributed by atoms with Gasteiger partial charge in [0.25, 0.3) is 0 Å². The van der Waals surface area contributed by atoms with E-state index in [4.69, 9.17) is 11.6 Å². The molecule has 2 aromatic rings. The molecule has 2 aromatic carbocycles. The number of amides is 3. The molecule has 0 bridgehead atoms. The predicted octanol–water partition coefficient (Wildman–Crippen LogP) is 2.96. The SMILES string of the molecule is O=C1CCC(c2c(F)cc(N3CC(NC(=O)Cc4c(F)cc(Cl)cc4F)C3)cc2F)C(=O)N1. The summed E-state index contributed by atoms with van der Waals surface area (Å²) >= 11 is 5.57. The Labute approximate surface area is 190 Å². The van der Waals surface area contributed by atoms with Crippen molar-refractivity contribution in [2.24, 2.45) is 0 Å². The van der Waals surface area contributed by atoms with E-state index in [0.29, 0.717) is 0 Å². The van der Waals surface area contributed by atoms with Crippen LogP contribution in [-0.2, 0) is 20.8 Å². The van der Waals surface area contributed by atoms with Crippen molar-refractivity contribution in [2.75, 3.05) is 18.0 Å². The second kappa shape index (κ2) is 9.01. The van der Waals surface area contributed by atoms with Crippen LogP contribution in [0.25, 0.3) is 0 Å². The molecule has 0 spiro atoms. The summed E-state index contributed by atoms with van der Waals surface area (Å²) in [5, 5.41) is 4.58. The predicted molar refractivity (Wildman–Crippen MR) is 111 cm³/mol. The molecule has 33 heavy (non-hydrogen) atoms. The van der Waals surface area contributed by atoms with Gasteiger partial charge in [-0.1, -0.05) is 11.6 Å². The number of rotatable bonds is 5. The number of hydrogen-bond acceptors (Lipinski definition) is 4. The zero-order valence-electron chi connectivity index (χ0n) is 17.1. The van der Waals surface area contributed by atoms with E-state index in [1.807, 2.05) is 0 Å². The Morgan fingerprint density at radius 1 is 1.03 bits per heavy atom. The van der Waals surface area contributed by atoms with Crippen LogP contribution in [0.2, 0.25) is 5.02 Å². The molecule has 11 heteroatoms. The maximum Gasteiger partial charge on any atom is 0.234 e. The smallest absolute Gasteiger partial charge is 0.234 e. The first-order valence-electron chi connectivity index (χ1n) is 10.1. The Morgan fingerprint density at radius 3 is 2.21 bits per heavy atom. The van der Waals surface area contributed by atoms with Gasteiger partial charge in [-0.25, -0.2) is 17.6 Å². The van der Waals surface area contributed by atoms with Crippen LogP contribution in [0.4, 0.5) is 23.2 Å². The maximum atomic E-state index is 14.7. The maximum absolute atomic E-state index is 14.7. The highest BCUT2D eigenvalue weighted by Gasteiger charge is 2.34. The molecular formula is C22H18ClF4N3O3. The third-order valence-corrected chi connectivity index (χ3v) is 5.92. The van der Waals surface area contributed by atoms with Gasteiger partial charge in [-0.15, -0.1) is 0 Å². The van der Waals surface area contributed by atoms with E-state index in [-0.39, 0.29) is 48.2 Å². The quantitative estimate of drug-likeness (QED) is 0.506. The largest absolute Gasteiger partial charge is 0.367 e. The van der Waals surface area contributed by atoms with E-state index in [1.165, 1.54) is 0 Å². The molecule has 4 rings (SSSR count). The van der Waals surface area contributed by atoms with Crippen LogP contribution in [0.3, 0.4) is 0 Å². The van der Waals surface area contributed by atoms with Gasteiger partial charge in [-0.2, -0.15) is 0 Å². The van der Waals surface area contributed by atoms with Crippen molar-refractivity contribution in [3.8, 4) is 0 Å². The molecule has 2 N–H and O–H groups in total. The van der Waals surface area contributed by atoms with E-state index in [0.717, 1.165) is 24.3 Å². The summed E-state index contributed by atoms with van der Waals surface area (Å²) in [6, 6.07) is 3.65. The van der Waals surface area contributed by atoms with Crippen LogP contribution in [-0.4, -0.2) is 36.9 Å². The van der Waals surface area contributed by atoms with E-state index in [9.17, 15) is 31.9 Å². The van der Waals surface area contributed by atoms with E-state index < -0.39 is 58.9 Å². The second-order valence-corrected chi connectivity index (χ2v) is 8.46. The lowest BCUT2D eigenvalue weighted by molar-refractivity contribution is -0.134. The number of nitrogens with zero attached hydrogens (tertiary/aromatic N) is 1. The number of carbonyl (C=O) groups excluding carboxylic acids is 3. The molecule has 1 unspecified atom stereocenters. The molecule has 174 valence electrons. The summed E-state index contributed by atoms with van der Waals surface area (Å²) in [4.78, 5) is 37.0. The Kier molecular flexibility index (Phi) is 6.29. The van der Waals surface area contributed by atoms with Gasteiger partial charge in [0, 0.05) is 41.3 Å². The number of hydrogen-bond donors (Lipinski definition) is 2.